The second-order valence-electron chi connectivity index (χ2n) is 5.06. The number of thioether (sulfide) groups is 1. The van der Waals surface area contributed by atoms with E-state index < -0.39 is 12.0 Å². The number of hydrogen-bond acceptors (Lipinski definition) is 3. The summed E-state index contributed by atoms with van der Waals surface area (Å²) in [6.07, 6.45) is 1.47. The number of carbonyl (C=O) groups excluding carboxylic acids is 1. The van der Waals surface area contributed by atoms with Crippen LogP contribution in [0.5, 0.6) is 0 Å². The zero-order valence-electron chi connectivity index (χ0n) is 10.7. The summed E-state index contributed by atoms with van der Waals surface area (Å²) < 4.78 is 0. The fraction of sp³-hybridized carbons (Fsp3) is 0.833. The second-order valence-corrected chi connectivity index (χ2v) is 6.28. The van der Waals surface area contributed by atoms with Gasteiger partial charge in [0.25, 0.3) is 0 Å². The van der Waals surface area contributed by atoms with Crippen molar-refractivity contribution in [2.45, 2.75) is 25.8 Å². The van der Waals surface area contributed by atoms with E-state index >= 15 is 0 Å². The minimum Gasteiger partial charge on any atom is -0.480 e. The van der Waals surface area contributed by atoms with Crippen LogP contribution >= 0.6 is 11.8 Å². The van der Waals surface area contributed by atoms with Crippen molar-refractivity contribution in [1.82, 2.24) is 9.80 Å². The van der Waals surface area contributed by atoms with Gasteiger partial charge >= 0.3 is 12.0 Å². The molecule has 2 aliphatic rings. The molecule has 5 nitrogen and oxygen atoms in total. The summed E-state index contributed by atoms with van der Waals surface area (Å²) in [6, 6.07) is -0.731. The van der Waals surface area contributed by atoms with Crippen LogP contribution in [-0.4, -0.2) is 64.1 Å². The van der Waals surface area contributed by atoms with E-state index in [1.165, 1.54) is 0 Å². The number of amides is 2. The van der Waals surface area contributed by atoms with Gasteiger partial charge in [-0.25, -0.2) is 9.59 Å². The fourth-order valence-corrected chi connectivity index (χ4v) is 3.44. The van der Waals surface area contributed by atoms with Crippen molar-refractivity contribution in [2.24, 2.45) is 5.92 Å². The number of rotatable bonds is 1. The molecule has 0 aromatic carbocycles. The molecule has 2 aliphatic heterocycles. The predicted molar refractivity (Wildman–Crippen MR) is 70.8 cm³/mol. The maximum atomic E-state index is 12.4. The van der Waals surface area contributed by atoms with E-state index in [-0.39, 0.29) is 6.03 Å². The predicted octanol–water partition coefficient (Wildman–Crippen LogP) is 1.34. The van der Waals surface area contributed by atoms with Gasteiger partial charge in [0.15, 0.2) is 0 Å². The smallest absolute Gasteiger partial charge is 0.326 e. The summed E-state index contributed by atoms with van der Waals surface area (Å²) in [4.78, 5) is 27.0. The van der Waals surface area contributed by atoms with E-state index in [9.17, 15) is 14.7 Å². The lowest BCUT2D eigenvalue weighted by atomic mass is 9.92. The highest BCUT2D eigenvalue weighted by molar-refractivity contribution is 7.99. The largest absolute Gasteiger partial charge is 0.480 e. The lowest BCUT2D eigenvalue weighted by Gasteiger charge is -2.39. The van der Waals surface area contributed by atoms with Crippen LogP contribution in [0.4, 0.5) is 4.79 Å². The molecular formula is C12H20N2O3S. The first kappa shape index (κ1) is 13.5. The third-order valence-electron chi connectivity index (χ3n) is 3.68. The first-order chi connectivity index (χ1) is 8.59. The molecule has 18 heavy (non-hydrogen) atoms. The van der Waals surface area contributed by atoms with E-state index in [4.69, 9.17) is 0 Å². The Morgan fingerprint density at radius 2 is 1.89 bits per heavy atom. The van der Waals surface area contributed by atoms with Gasteiger partial charge in [-0.3, -0.25) is 0 Å². The van der Waals surface area contributed by atoms with Crippen LogP contribution < -0.4 is 0 Å². The van der Waals surface area contributed by atoms with E-state index in [2.05, 4.69) is 6.92 Å². The van der Waals surface area contributed by atoms with Crippen molar-refractivity contribution in [3.63, 3.8) is 0 Å². The average molecular weight is 272 g/mol. The van der Waals surface area contributed by atoms with E-state index in [1.54, 1.807) is 9.80 Å². The van der Waals surface area contributed by atoms with Crippen LogP contribution in [0.15, 0.2) is 0 Å². The number of piperidine rings is 1. The number of aliphatic carboxylic acids is 1. The Labute approximate surface area is 112 Å². The molecule has 2 unspecified atom stereocenters. The topological polar surface area (TPSA) is 60.9 Å². The van der Waals surface area contributed by atoms with Gasteiger partial charge in [-0.05, 0) is 18.8 Å². The Morgan fingerprint density at radius 1 is 1.22 bits per heavy atom. The molecule has 2 saturated heterocycles. The van der Waals surface area contributed by atoms with Gasteiger partial charge in [0.1, 0.15) is 6.04 Å². The number of likely N-dealkylation sites (tertiary alicyclic amines) is 1. The van der Waals surface area contributed by atoms with Crippen molar-refractivity contribution in [3.8, 4) is 0 Å². The minimum absolute atomic E-state index is 0.0883. The normalized spacial score (nSPS) is 29.2. The SMILES string of the molecule is CC1CCN(C(=O)N2CCSCC2)C(C(=O)O)C1. The summed E-state index contributed by atoms with van der Waals surface area (Å²) >= 11 is 1.84. The number of urea groups is 1. The van der Waals surface area contributed by atoms with Gasteiger partial charge in [0.2, 0.25) is 0 Å². The van der Waals surface area contributed by atoms with Gasteiger partial charge in [-0.1, -0.05) is 6.92 Å². The van der Waals surface area contributed by atoms with E-state index in [0.717, 1.165) is 31.0 Å². The quantitative estimate of drug-likeness (QED) is 0.782. The summed E-state index contributed by atoms with van der Waals surface area (Å²) in [5.41, 5.74) is 0. The maximum absolute atomic E-state index is 12.4. The molecule has 6 heteroatoms. The van der Waals surface area contributed by atoms with Crippen molar-refractivity contribution >= 4 is 23.8 Å². The minimum atomic E-state index is -0.874. The van der Waals surface area contributed by atoms with E-state index in [1.807, 2.05) is 11.8 Å². The molecule has 2 amide bonds. The molecule has 0 aromatic rings. The Hall–Kier alpha value is -0.910. The number of nitrogens with zero attached hydrogens (tertiary/aromatic N) is 2. The second kappa shape index (κ2) is 5.82. The monoisotopic (exact) mass is 272 g/mol. The third-order valence-corrected chi connectivity index (χ3v) is 4.62. The zero-order chi connectivity index (χ0) is 13.1. The number of carbonyl (C=O) groups is 2. The average Bonchev–Trinajstić information content (AvgIpc) is 2.39. The molecule has 2 fully saturated rings. The van der Waals surface area contributed by atoms with Crippen LogP contribution in [0, 0.1) is 5.92 Å². The van der Waals surface area contributed by atoms with Gasteiger partial charge in [0.05, 0.1) is 0 Å². The number of hydrogen-bond donors (Lipinski definition) is 1. The number of carboxylic acids is 1. The molecule has 0 aliphatic carbocycles. The molecule has 0 saturated carbocycles. The zero-order valence-corrected chi connectivity index (χ0v) is 11.5. The standard InChI is InChI=1S/C12H20N2O3S/c1-9-2-3-14(10(8-9)11(15)16)12(17)13-4-6-18-7-5-13/h9-10H,2-8H2,1H3,(H,15,16). The van der Waals surface area contributed by atoms with Gasteiger partial charge in [-0.15, -0.1) is 0 Å². The molecule has 0 radical (unpaired) electrons. The Kier molecular flexibility index (Phi) is 4.37. The van der Waals surface area contributed by atoms with Gasteiger partial charge < -0.3 is 14.9 Å². The molecule has 102 valence electrons. The van der Waals surface area contributed by atoms with Crippen molar-refractivity contribution in [3.05, 3.63) is 0 Å². The van der Waals surface area contributed by atoms with Crippen LogP contribution in [0.2, 0.25) is 0 Å². The molecule has 1 N–H and O–H groups in total. The van der Waals surface area contributed by atoms with Gasteiger partial charge in [-0.2, -0.15) is 11.8 Å². The molecule has 0 aromatic heterocycles. The Morgan fingerprint density at radius 3 is 2.50 bits per heavy atom. The fourth-order valence-electron chi connectivity index (χ4n) is 2.54. The van der Waals surface area contributed by atoms with Gasteiger partial charge in [0, 0.05) is 31.1 Å². The van der Waals surface area contributed by atoms with Crippen LogP contribution in [0.25, 0.3) is 0 Å². The molecule has 2 heterocycles. The summed E-state index contributed by atoms with van der Waals surface area (Å²) in [5, 5.41) is 9.26. The molecule has 0 bridgehead atoms. The lowest BCUT2D eigenvalue weighted by Crippen LogP contribution is -2.55. The lowest BCUT2D eigenvalue weighted by molar-refractivity contribution is -0.144. The highest BCUT2D eigenvalue weighted by Gasteiger charge is 2.36. The highest BCUT2D eigenvalue weighted by Crippen LogP contribution is 2.24. The maximum Gasteiger partial charge on any atom is 0.326 e. The first-order valence-electron chi connectivity index (χ1n) is 6.45. The highest BCUT2D eigenvalue weighted by atomic mass is 32.2. The molecule has 2 rings (SSSR count). The Balaban J connectivity index is 2.04. The molecular weight excluding hydrogens is 252 g/mol. The van der Waals surface area contributed by atoms with Crippen molar-refractivity contribution in [1.29, 1.82) is 0 Å². The van der Waals surface area contributed by atoms with Crippen LogP contribution in [-0.2, 0) is 4.79 Å². The van der Waals surface area contributed by atoms with E-state index in [0.29, 0.717) is 18.9 Å². The summed E-state index contributed by atoms with van der Waals surface area (Å²) in [5.74, 6) is 1.41. The van der Waals surface area contributed by atoms with Crippen molar-refractivity contribution in [2.75, 3.05) is 31.1 Å². The first-order valence-corrected chi connectivity index (χ1v) is 7.61. The molecule has 0 spiro atoms. The summed E-state index contributed by atoms with van der Waals surface area (Å²) in [6.45, 7) is 4.10. The van der Waals surface area contributed by atoms with Crippen LogP contribution in [0.3, 0.4) is 0 Å². The van der Waals surface area contributed by atoms with Crippen LogP contribution in [0.1, 0.15) is 19.8 Å². The number of carboxylic acid groups (broad SMARTS) is 1. The Bertz CT molecular complexity index is 331. The third kappa shape index (κ3) is 2.91. The summed E-state index contributed by atoms with van der Waals surface area (Å²) in [7, 11) is 0. The van der Waals surface area contributed by atoms with Crippen molar-refractivity contribution < 1.29 is 14.7 Å². The molecule has 2 atom stereocenters.